The van der Waals surface area contributed by atoms with Gasteiger partial charge in [-0.05, 0) is 32.3 Å². The van der Waals surface area contributed by atoms with E-state index in [1.54, 1.807) is 36.2 Å². The van der Waals surface area contributed by atoms with Gasteiger partial charge in [-0.2, -0.15) is 4.98 Å². The summed E-state index contributed by atoms with van der Waals surface area (Å²) in [6.07, 6.45) is 6.61. The van der Waals surface area contributed by atoms with Gasteiger partial charge in [0, 0.05) is 39.8 Å². The number of anilines is 3. The summed E-state index contributed by atoms with van der Waals surface area (Å²) in [7, 11) is 3.44. The summed E-state index contributed by atoms with van der Waals surface area (Å²) in [4.78, 5) is 59.1. The Kier molecular flexibility index (Phi) is 8.71. The second-order valence-electron chi connectivity index (χ2n) is 9.12. The van der Waals surface area contributed by atoms with E-state index >= 15 is 0 Å². The maximum Gasteiger partial charge on any atom is 0.412 e. The molecule has 2 atom stereocenters. The standard InChI is InChI=1S/C24H33N9O5/c1-4-37-20-13-26-19(12-27-20)29-23(35)32(3)16-6-5-11-33(14-16)22-25-10-9-18(28-22)30-24(36)38-15-17-7-8-21(34)31(17)2/h9-10,12-13,16-17H,4-8,11,14-15H2,1-3H3,(H,26,29,35)(H,25,28,30,36)/t16-,17+/m1/s1. The number of rotatable bonds is 8. The monoisotopic (exact) mass is 527 g/mol. The Morgan fingerprint density at radius 3 is 2.71 bits per heavy atom. The van der Waals surface area contributed by atoms with E-state index in [0.717, 1.165) is 12.8 Å². The maximum absolute atomic E-state index is 12.8. The first kappa shape index (κ1) is 26.8. The molecule has 4 amide bonds. The van der Waals surface area contributed by atoms with E-state index in [9.17, 15) is 14.4 Å². The minimum absolute atomic E-state index is 0.0484. The van der Waals surface area contributed by atoms with Gasteiger partial charge < -0.3 is 24.2 Å². The van der Waals surface area contributed by atoms with Crippen LogP contribution in [0.1, 0.15) is 32.6 Å². The SMILES string of the molecule is CCOc1cnc(NC(=O)N(C)[C@@H]2CCCN(c3nccc(NC(=O)OC[C@@H]4CCC(=O)N4C)n3)C2)cn1. The van der Waals surface area contributed by atoms with Crippen molar-refractivity contribution in [2.45, 2.75) is 44.7 Å². The maximum atomic E-state index is 12.8. The summed E-state index contributed by atoms with van der Waals surface area (Å²) in [5, 5.41) is 5.38. The average molecular weight is 528 g/mol. The number of likely N-dealkylation sites (N-methyl/N-ethyl adjacent to an activating group) is 2. The molecule has 0 aromatic carbocycles. The Morgan fingerprint density at radius 2 is 2.00 bits per heavy atom. The molecule has 4 heterocycles. The van der Waals surface area contributed by atoms with Crippen LogP contribution in [0.3, 0.4) is 0 Å². The molecule has 2 aliphatic rings. The second kappa shape index (κ2) is 12.3. The lowest BCUT2D eigenvalue weighted by molar-refractivity contribution is -0.128. The molecule has 2 aromatic rings. The highest BCUT2D eigenvalue weighted by atomic mass is 16.5. The number of likely N-dealkylation sites (tertiary alicyclic amines) is 1. The molecule has 14 heteroatoms. The van der Waals surface area contributed by atoms with Crippen molar-refractivity contribution in [3.05, 3.63) is 24.7 Å². The van der Waals surface area contributed by atoms with Crippen LogP contribution in [-0.4, -0.2) is 100 Å². The third kappa shape index (κ3) is 6.75. The van der Waals surface area contributed by atoms with Crippen LogP contribution >= 0.6 is 0 Å². The smallest absolute Gasteiger partial charge is 0.412 e. The molecule has 2 fully saturated rings. The summed E-state index contributed by atoms with van der Waals surface area (Å²) in [5.74, 6) is 1.52. The molecular formula is C24H33N9O5. The number of piperidine rings is 1. The predicted molar refractivity (Wildman–Crippen MR) is 138 cm³/mol. The number of carbonyl (C=O) groups is 3. The van der Waals surface area contributed by atoms with Gasteiger partial charge in [0.2, 0.25) is 17.7 Å². The highest BCUT2D eigenvalue weighted by Crippen LogP contribution is 2.21. The van der Waals surface area contributed by atoms with Gasteiger partial charge in [-0.1, -0.05) is 0 Å². The van der Waals surface area contributed by atoms with E-state index in [2.05, 4.69) is 30.6 Å². The lowest BCUT2D eigenvalue weighted by atomic mass is 10.1. The molecule has 0 bridgehead atoms. The minimum atomic E-state index is -0.646. The van der Waals surface area contributed by atoms with Crippen molar-refractivity contribution in [3.63, 3.8) is 0 Å². The lowest BCUT2D eigenvalue weighted by Crippen LogP contribution is -2.50. The van der Waals surface area contributed by atoms with Gasteiger partial charge in [-0.15, -0.1) is 0 Å². The molecule has 0 spiro atoms. The molecule has 0 saturated carbocycles. The first-order valence-corrected chi connectivity index (χ1v) is 12.6. The van der Waals surface area contributed by atoms with Crippen molar-refractivity contribution in [2.75, 3.05) is 55.9 Å². The van der Waals surface area contributed by atoms with Crippen LogP contribution in [0.4, 0.5) is 27.2 Å². The van der Waals surface area contributed by atoms with Crippen molar-refractivity contribution in [3.8, 4) is 5.88 Å². The van der Waals surface area contributed by atoms with Gasteiger partial charge in [0.1, 0.15) is 12.4 Å². The Balaban J connectivity index is 1.30. The Morgan fingerprint density at radius 1 is 1.16 bits per heavy atom. The second-order valence-corrected chi connectivity index (χ2v) is 9.12. The largest absolute Gasteiger partial charge is 0.477 e. The number of urea groups is 1. The molecule has 0 radical (unpaired) electrons. The van der Waals surface area contributed by atoms with Crippen LogP contribution in [0.15, 0.2) is 24.7 Å². The zero-order valence-corrected chi connectivity index (χ0v) is 21.8. The molecular weight excluding hydrogens is 494 g/mol. The fraction of sp³-hybridized carbons (Fsp3) is 0.542. The van der Waals surface area contributed by atoms with Gasteiger partial charge in [-0.3, -0.25) is 15.4 Å². The third-order valence-electron chi connectivity index (χ3n) is 6.62. The van der Waals surface area contributed by atoms with E-state index in [1.165, 1.54) is 12.4 Å². The third-order valence-corrected chi connectivity index (χ3v) is 6.62. The Hall–Kier alpha value is -4.23. The van der Waals surface area contributed by atoms with Crippen LogP contribution < -0.4 is 20.3 Å². The van der Waals surface area contributed by atoms with E-state index in [1.807, 2.05) is 11.8 Å². The van der Waals surface area contributed by atoms with E-state index in [-0.39, 0.29) is 30.6 Å². The molecule has 2 N–H and O–H groups in total. The number of carbonyl (C=O) groups excluding carboxylic acids is 3. The van der Waals surface area contributed by atoms with Gasteiger partial charge in [0.15, 0.2) is 5.82 Å². The van der Waals surface area contributed by atoms with Crippen LogP contribution in [0.2, 0.25) is 0 Å². The number of hydrogen-bond donors (Lipinski definition) is 2. The molecule has 0 aliphatic carbocycles. The molecule has 0 unspecified atom stereocenters. The molecule has 4 rings (SSSR count). The van der Waals surface area contributed by atoms with E-state index < -0.39 is 6.09 Å². The van der Waals surface area contributed by atoms with Crippen LogP contribution in [0, 0.1) is 0 Å². The quantitative estimate of drug-likeness (QED) is 0.520. The first-order chi connectivity index (χ1) is 18.3. The minimum Gasteiger partial charge on any atom is -0.477 e. The highest BCUT2D eigenvalue weighted by molar-refractivity contribution is 5.88. The summed E-state index contributed by atoms with van der Waals surface area (Å²) in [6, 6.07) is 1.07. The molecule has 14 nitrogen and oxygen atoms in total. The topological polar surface area (TPSA) is 155 Å². The van der Waals surface area contributed by atoms with E-state index in [0.29, 0.717) is 56.0 Å². The number of ether oxygens (including phenoxy) is 2. The highest BCUT2D eigenvalue weighted by Gasteiger charge is 2.29. The van der Waals surface area contributed by atoms with Crippen molar-refractivity contribution in [1.82, 2.24) is 29.7 Å². The Labute approximate surface area is 220 Å². The van der Waals surface area contributed by atoms with Crippen molar-refractivity contribution < 1.29 is 23.9 Å². The van der Waals surface area contributed by atoms with Crippen molar-refractivity contribution in [1.29, 1.82) is 0 Å². The predicted octanol–water partition coefficient (Wildman–Crippen LogP) is 1.97. The fourth-order valence-corrected chi connectivity index (χ4v) is 4.36. The number of hydrogen-bond acceptors (Lipinski definition) is 10. The zero-order valence-electron chi connectivity index (χ0n) is 21.8. The summed E-state index contributed by atoms with van der Waals surface area (Å²) >= 11 is 0. The van der Waals surface area contributed by atoms with Gasteiger partial charge in [0.05, 0.1) is 31.1 Å². The molecule has 2 aliphatic heterocycles. The van der Waals surface area contributed by atoms with Gasteiger partial charge >= 0.3 is 12.1 Å². The Bertz CT molecular complexity index is 1130. The van der Waals surface area contributed by atoms with Crippen molar-refractivity contribution >= 4 is 35.6 Å². The number of amides is 4. The first-order valence-electron chi connectivity index (χ1n) is 12.6. The van der Waals surface area contributed by atoms with Gasteiger partial charge in [0.25, 0.3) is 0 Å². The zero-order chi connectivity index (χ0) is 27.1. The lowest BCUT2D eigenvalue weighted by Gasteiger charge is -2.37. The summed E-state index contributed by atoms with van der Waals surface area (Å²) in [6.45, 7) is 3.69. The number of nitrogens with zero attached hydrogens (tertiary/aromatic N) is 7. The van der Waals surface area contributed by atoms with Crippen LogP contribution in [0.5, 0.6) is 5.88 Å². The van der Waals surface area contributed by atoms with Crippen LogP contribution in [-0.2, 0) is 9.53 Å². The molecule has 204 valence electrons. The molecule has 38 heavy (non-hydrogen) atoms. The summed E-state index contributed by atoms with van der Waals surface area (Å²) < 4.78 is 10.6. The summed E-state index contributed by atoms with van der Waals surface area (Å²) in [5.41, 5.74) is 0. The number of aromatic nitrogens is 4. The normalized spacial score (nSPS) is 19.2. The average Bonchev–Trinajstić information content (AvgIpc) is 3.25. The molecule has 2 aromatic heterocycles. The van der Waals surface area contributed by atoms with Crippen LogP contribution in [0.25, 0.3) is 0 Å². The fourth-order valence-electron chi connectivity index (χ4n) is 4.36. The number of nitrogens with one attached hydrogen (secondary N) is 2. The van der Waals surface area contributed by atoms with Gasteiger partial charge in [-0.25, -0.2) is 24.5 Å². The van der Waals surface area contributed by atoms with E-state index in [4.69, 9.17) is 9.47 Å². The molecule has 2 saturated heterocycles. The van der Waals surface area contributed by atoms with Crippen molar-refractivity contribution in [2.24, 2.45) is 0 Å².